The number of hydrogen-bond donors (Lipinski definition) is 2. The number of alkyl halides is 3. The van der Waals surface area contributed by atoms with E-state index < -0.39 is 23.5 Å². The van der Waals surface area contributed by atoms with Gasteiger partial charge < -0.3 is 11.1 Å². The quantitative estimate of drug-likeness (QED) is 0.611. The van der Waals surface area contributed by atoms with Gasteiger partial charge in [-0.3, -0.25) is 4.79 Å². The van der Waals surface area contributed by atoms with Crippen molar-refractivity contribution in [2.24, 2.45) is 0 Å². The topological polar surface area (TPSA) is 55.1 Å². The molecule has 8 heteroatoms. The second kappa shape index (κ2) is 6.57. The van der Waals surface area contributed by atoms with E-state index in [0.29, 0.717) is 10.5 Å². The highest BCUT2D eigenvalue weighted by Gasteiger charge is 2.31. The van der Waals surface area contributed by atoms with Crippen molar-refractivity contribution in [2.75, 3.05) is 5.73 Å². The van der Waals surface area contributed by atoms with E-state index in [2.05, 4.69) is 21.2 Å². The SMILES string of the molecule is Nc1cc(C(F)(F)F)ccc1C(=O)NCc1ccc(Br)cc1F. The van der Waals surface area contributed by atoms with Gasteiger partial charge in [-0.2, -0.15) is 13.2 Å². The maximum atomic E-state index is 13.6. The molecule has 0 saturated carbocycles. The van der Waals surface area contributed by atoms with Crippen LogP contribution >= 0.6 is 15.9 Å². The average Bonchev–Trinajstić information content (AvgIpc) is 2.45. The molecule has 2 aromatic carbocycles. The zero-order valence-electron chi connectivity index (χ0n) is 11.5. The highest BCUT2D eigenvalue weighted by molar-refractivity contribution is 9.10. The van der Waals surface area contributed by atoms with Crippen LogP contribution in [0.1, 0.15) is 21.5 Å². The second-order valence-electron chi connectivity index (χ2n) is 4.72. The molecule has 0 saturated heterocycles. The Morgan fingerprint density at radius 3 is 2.43 bits per heavy atom. The van der Waals surface area contributed by atoms with Gasteiger partial charge in [-0.15, -0.1) is 0 Å². The van der Waals surface area contributed by atoms with E-state index in [-0.39, 0.29) is 23.4 Å². The molecule has 3 N–H and O–H groups in total. The Morgan fingerprint density at radius 2 is 1.87 bits per heavy atom. The number of nitrogens with two attached hydrogens (primary N) is 1. The molecular formula is C15H11BrF4N2O. The van der Waals surface area contributed by atoms with Crippen molar-refractivity contribution in [1.29, 1.82) is 0 Å². The molecule has 0 aliphatic heterocycles. The Bertz CT molecular complexity index is 747. The van der Waals surface area contributed by atoms with Gasteiger partial charge >= 0.3 is 6.18 Å². The Hall–Kier alpha value is -2.09. The summed E-state index contributed by atoms with van der Waals surface area (Å²) < 4.78 is 51.8. The molecule has 3 nitrogen and oxygen atoms in total. The van der Waals surface area contributed by atoms with Crippen molar-refractivity contribution >= 4 is 27.5 Å². The largest absolute Gasteiger partial charge is 0.416 e. The molecule has 1 amide bonds. The third kappa shape index (κ3) is 4.22. The van der Waals surface area contributed by atoms with Crippen LogP contribution in [0.25, 0.3) is 0 Å². The molecule has 2 aromatic rings. The lowest BCUT2D eigenvalue weighted by Crippen LogP contribution is -2.24. The molecular weight excluding hydrogens is 380 g/mol. The molecule has 0 unspecified atom stereocenters. The van der Waals surface area contributed by atoms with E-state index in [9.17, 15) is 22.4 Å². The normalized spacial score (nSPS) is 11.3. The van der Waals surface area contributed by atoms with Crippen molar-refractivity contribution in [3.05, 3.63) is 63.4 Å². The highest BCUT2D eigenvalue weighted by atomic mass is 79.9. The number of carbonyl (C=O) groups excluding carboxylic acids is 1. The first-order chi connectivity index (χ1) is 10.7. The fourth-order valence-corrected chi connectivity index (χ4v) is 2.21. The summed E-state index contributed by atoms with van der Waals surface area (Å²) >= 11 is 3.11. The van der Waals surface area contributed by atoms with Gasteiger partial charge in [0.25, 0.3) is 5.91 Å². The predicted octanol–water partition coefficient (Wildman–Crippen LogP) is 4.12. The summed E-state index contributed by atoms with van der Waals surface area (Å²) in [6.07, 6.45) is -4.54. The molecule has 0 heterocycles. The standard InChI is InChI=1S/C15H11BrF4N2O/c16-10-3-1-8(12(17)6-10)7-22-14(23)11-4-2-9(5-13(11)21)15(18,19)20/h1-6H,7,21H2,(H,22,23). The Labute approximate surface area is 137 Å². The number of nitrogen functional groups attached to an aromatic ring is 1. The minimum absolute atomic E-state index is 0.101. The van der Waals surface area contributed by atoms with Crippen LogP contribution in [0.15, 0.2) is 40.9 Å². The predicted molar refractivity (Wildman–Crippen MR) is 81.1 cm³/mol. The van der Waals surface area contributed by atoms with Crippen LogP contribution in [0.4, 0.5) is 23.2 Å². The number of amides is 1. The van der Waals surface area contributed by atoms with E-state index in [1.165, 1.54) is 12.1 Å². The van der Waals surface area contributed by atoms with Gasteiger partial charge in [0.05, 0.1) is 11.1 Å². The van der Waals surface area contributed by atoms with E-state index in [1.54, 1.807) is 6.07 Å². The van der Waals surface area contributed by atoms with Crippen molar-refractivity contribution in [2.45, 2.75) is 12.7 Å². The molecule has 0 aromatic heterocycles. The van der Waals surface area contributed by atoms with E-state index in [4.69, 9.17) is 5.73 Å². The minimum Gasteiger partial charge on any atom is -0.398 e. The number of carbonyl (C=O) groups is 1. The average molecular weight is 391 g/mol. The molecule has 0 aliphatic carbocycles. The third-order valence-corrected chi connectivity index (χ3v) is 3.57. The van der Waals surface area contributed by atoms with Crippen LogP contribution in [0.5, 0.6) is 0 Å². The maximum absolute atomic E-state index is 13.6. The smallest absolute Gasteiger partial charge is 0.398 e. The Morgan fingerprint density at radius 1 is 1.17 bits per heavy atom. The summed E-state index contributed by atoms with van der Waals surface area (Å²) in [4.78, 5) is 12.0. The molecule has 0 radical (unpaired) electrons. The summed E-state index contributed by atoms with van der Waals surface area (Å²) in [5.41, 5.74) is 4.40. The molecule has 23 heavy (non-hydrogen) atoms. The number of hydrogen-bond acceptors (Lipinski definition) is 2. The van der Waals surface area contributed by atoms with Crippen molar-refractivity contribution in [1.82, 2.24) is 5.32 Å². The van der Waals surface area contributed by atoms with Gasteiger partial charge in [0.15, 0.2) is 0 Å². The molecule has 0 fully saturated rings. The van der Waals surface area contributed by atoms with Gasteiger partial charge in [0.1, 0.15) is 5.82 Å². The van der Waals surface area contributed by atoms with Gasteiger partial charge in [0.2, 0.25) is 0 Å². The number of benzene rings is 2. The number of halogens is 5. The monoisotopic (exact) mass is 390 g/mol. The van der Waals surface area contributed by atoms with Crippen molar-refractivity contribution in [3.63, 3.8) is 0 Å². The first-order valence-corrected chi connectivity index (χ1v) is 7.16. The van der Waals surface area contributed by atoms with Crippen LogP contribution in [-0.4, -0.2) is 5.91 Å². The summed E-state index contributed by atoms with van der Waals surface area (Å²) in [6, 6.07) is 6.78. The van der Waals surface area contributed by atoms with E-state index in [0.717, 1.165) is 12.1 Å². The number of rotatable bonds is 3. The fourth-order valence-electron chi connectivity index (χ4n) is 1.88. The maximum Gasteiger partial charge on any atom is 0.416 e. The lowest BCUT2D eigenvalue weighted by Gasteiger charge is -2.11. The summed E-state index contributed by atoms with van der Waals surface area (Å²) in [7, 11) is 0. The first kappa shape index (κ1) is 17.3. The third-order valence-electron chi connectivity index (χ3n) is 3.08. The lowest BCUT2D eigenvalue weighted by molar-refractivity contribution is -0.137. The summed E-state index contributed by atoms with van der Waals surface area (Å²) in [5, 5.41) is 2.42. The highest BCUT2D eigenvalue weighted by Crippen LogP contribution is 2.31. The van der Waals surface area contributed by atoms with Crippen LogP contribution in [-0.2, 0) is 12.7 Å². The van der Waals surface area contributed by atoms with Crippen LogP contribution in [0, 0.1) is 5.82 Å². The summed E-state index contributed by atoms with van der Waals surface area (Å²) in [6.45, 7) is -0.113. The fraction of sp³-hybridized carbons (Fsp3) is 0.133. The molecule has 0 atom stereocenters. The van der Waals surface area contributed by atoms with Crippen molar-refractivity contribution in [3.8, 4) is 0 Å². The van der Waals surface area contributed by atoms with Gasteiger partial charge in [0, 0.05) is 22.3 Å². The first-order valence-electron chi connectivity index (χ1n) is 6.37. The second-order valence-corrected chi connectivity index (χ2v) is 5.63. The molecule has 2 rings (SSSR count). The Balaban J connectivity index is 2.12. The van der Waals surface area contributed by atoms with E-state index >= 15 is 0 Å². The van der Waals surface area contributed by atoms with Crippen molar-refractivity contribution < 1.29 is 22.4 Å². The van der Waals surface area contributed by atoms with Gasteiger partial charge in [-0.25, -0.2) is 4.39 Å². The molecule has 0 aliphatic rings. The van der Waals surface area contributed by atoms with Crippen LogP contribution in [0.2, 0.25) is 0 Å². The zero-order chi connectivity index (χ0) is 17.2. The molecule has 122 valence electrons. The zero-order valence-corrected chi connectivity index (χ0v) is 13.1. The Kier molecular flexibility index (Phi) is 4.93. The van der Waals surface area contributed by atoms with Gasteiger partial charge in [-0.05, 0) is 30.3 Å². The minimum atomic E-state index is -4.54. The van der Waals surface area contributed by atoms with Crippen LogP contribution in [0.3, 0.4) is 0 Å². The van der Waals surface area contributed by atoms with E-state index in [1.807, 2.05) is 0 Å². The number of anilines is 1. The molecule has 0 spiro atoms. The van der Waals surface area contributed by atoms with Crippen LogP contribution < -0.4 is 11.1 Å². The van der Waals surface area contributed by atoms with Gasteiger partial charge in [-0.1, -0.05) is 22.0 Å². The summed E-state index contributed by atoms with van der Waals surface area (Å²) in [5.74, 6) is -1.20. The molecule has 0 bridgehead atoms. The lowest BCUT2D eigenvalue weighted by atomic mass is 10.1. The number of nitrogens with one attached hydrogen (secondary N) is 1.